The molecule has 2 heteroatoms. The molecule has 4 aromatic rings. The minimum absolute atomic E-state index is 0.236. The molecule has 142 valence electrons. The summed E-state index contributed by atoms with van der Waals surface area (Å²) in [6, 6.07) is 42.3. The van der Waals surface area contributed by atoms with Crippen LogP contribution in [0.5, 0.6) is 0 Å². The van der Waals surface area contributed by atoms with Crippen LogP contribution in [0.2, 0.25) is 0 Å². The van der Waals surface area contributed by atoms with Crippen LogP contribution in [0.3, 0.4) is 0 Å². The van der Waals surface area contributed by atoms with E-state index >= 15 is 0 Å². The maximum atomic E-state index is 7.29. The Morgan fingerprint density at radius 3 is 0.933 bits per heavy atom. The molecular formula is C28H20BCl. The third-order valence-corrected chi connectivity index (χ3v) is 6.03. The van der Waals surface area contributed by atoms with E-state index in [4.69, 9.17) is 11.5 Å². The molecule has 0 nitrogen and oxygen atoms in total. The van der Waals surface area contributed by atoms with Gasteiger partial charge in [-0.15, -0.1) is 0 Å². The molecule has 1 aliphatic rings. The van der Waals surface area contributed by atoms with E-state index in [0.717, 1.165) is 11.1 Å². The van der Waals surface area contributed by atoms with Gasteiger partial charge in [-0.2, -0.15) is 11.5 Å². The minimum atomic E-state index is -0.236. The van der Waals surface area contributed by atoms with Crippen molar-refractivity contribution in [3.05, 3.63) is 144 Å². The van der Waals surface area contributed by atoms with Crippen LogP contribution in [0.15, 0.2) is 121 Å². The Hall–Kier alpha value is -3.29. The van der Waals surface area contributed by atoms with Gasteiger partial charge in [0.15, 0.2) is 0 Å². The maximum absolute atomic E-state index is 7.29. The molecular weight excluding hydrogens is 383 g/mol. The lowest BCUT2D eigenvalue weighted by atomic mass is 9.59. The highest BCUT2D eigenvalue weighted by molar-refractivity contribution is 7.29. The number of rotatable bonds is 4. The Kier molecular flexibility index (Phi) is 5.13. The molecule has 0 N–H and O–H groups in total. The van der Waals surface area contributed by atoms with E-state index in [0.29, 0.717) is 0 Å². The van der Waals surface area contributed by atoms with Crippen molar-refractivity contribution >= 4 is 39.7 Å². The van der Waals surface area contributed by atoms with Crippen molar-refractivity contribution in [2.75, 3.05) is 0 Å². The Balaban J connectivity index is 1.86. The second-order valence-electron chi connectivity index (χ2n) is 7.40. The summed E-state index contributed by atoms with van der Waals surface area (Å²) in [6.07, 6.45) is -0.236. The zero-order valence-electron chi connectivity index (χ0n) is 16.5. The van der Waals surface area contributed by atoms with Crippen molar-refractivity contribution in [3.63, 3.8) is 0 Å². The summed E-state index contributed by atoms with van der Waals surface area (Å²) in [5.74, 6) is 0. The van der Waals surface area contributed by atoms with E-state index in [9.17, 15) is 0 Å². The van der Waals surface area contributed by atoms with Crippen LogP contribution in [-0.2, 0) is 0 Å². The number of hydrogen-bond acceptors (Lipinski definition) is 0. The van der Waals surface area contributed by atoms with Crippen molar-refractivity contribution in [1.82, 2.24) is 0 Å². The standard InChI is InChI=1S/C28H20BCl/c30-29-27(23-17-9-3-10-18-23)25(21-13-5-1-6-14-21)26(22-15-7-2-8-16-22)28(29)24-19-11-4-12-20-24/h1-20H. The lowest BCUT2D eigenvalue weighted by molar-refractivity contribution is 1.58. The Morgan fingerprint density at radius 1 is 0.367 bits per heavy atom. The minimum Gasteiger partial charge on any atom is -0.182 e. The van der Waals surface area contributed by atoms with Gasteiger partial charge in [-0.3, -0.25) is 0 Å². The Morgan fingerprint density at radius 2 is 0.633 bits per heavy atom. The van der Waals surface area contributed by atoms with Crippen LogP contribution in [0, 0.1) is 0 Å². The van der Waals surface area contributed by atoms with Gasteiger partial charge in [0, 0.05) is 0 Å². The molecule has 0 amide bonds. The van der Waals surface area contributed by atoms with Crippen LogP contribution in [-0.4, -0.2) is 6.13 Å². The van der Waals surface area contributed by atoms with E-state index in [-0.39, 0.29) is 6.13 Å². The molecule has 0 fully saturated rings. The van der Waals surface area contributed by atoms with Gasteiger partial charge >= 0.3 is 6.13 Å². The molecule has 0 saturated carbocycles. The van der Waals surface area contributed by atoms with E-state index < -0.39 is 0 Å². The predicted molar refractivity (Wildman–Crippen MR) is 131 cm³/mol. The lowest BCUT2D eigenvalue weighted by Crippen LogP contribution is -2.08. The SMILES string of the molecule is ClB1C(c2ccccc2)=C(c2ccccc2)C(c2ccccc2)=C1c1ccccc1. The van der Waals surface area contributed by atoms with Gasteiger partial charge < -0.3 is 0 Å². The number of benzene rings is 4. The van der Waals surface area contributed by atoms with Crippen LogP contribution in [0.4, 0.5) is 0 Å². The monoisotopic (exact) mass is 402 g/mol. The van der Waals surface area contributed by atoms with Crippen LogP contribution < -0.4 is 0 Å². The fraction of sp³-hybridized carbons (Fsp3) is 0. The smallest absolute Gasteiger partial charge is 0.182 e. The number of allylic oxidation sites excluding steroid dienone is 2. The average molecular weight is 403 g/mol. The zero-order chi connectivity index (χ0) is 20.3. The van der Waals surface area contributed by atoms with E-state index in [2.05, 4.69) is 109 Å². The summed E-state index contributed by atoms with van der Waals surface area (Å²) in [6.45, 7) is 0. The highest BCUT2D eigenvalue weighted by atomic mass is 35.5. The zero-order valence-corrected chi connectivity index (χ0v) is 17.3. The normalized spacial score (nSPS) is 13.8. The molecule has 0 aromatic heterocycles. The fourth-order valence-electron chi connectivity index (χ4n) is 4.29. The molecule has 0 radical (unpaired) electrons. The van der Waals surface area contributed by atoms with Crippen molar-refractivity contribution in [1.29, 1.82) is 0 Å². The predicted octanol–water partition coefficient (Wildman–Crippen LogP) is 7.53. The first-order valence-electron chi connectivity index (χ1n) is 10.2. The summed E-state index contributed by atoms with van der Waals surface area (Å²) in [4.78, 5) is 0. The molecule has 0 unspecified atom stereocenters. The first-order valence-corrected chi connectivity index (χ1v) is 10.6. The molecule has 1 heterocycles. The molecule has 0 spiro atoms. The third-order valence-electron chi connectivity index (χ3n) is 5.59. The highest BCUT2D eigenvalue weighted by Crippen LogP contribution is 2.51. The third kappa shape index (κ3) is 3.32. The summed E-state index contributed by atoms with van der Waals surface area (Å²) >= 11 is 7.29. The second-order valence-corrected chi connectivity index (χ2v) is 7.84. The van der Waals surface area contributed by atoms with E-state index in [1.54, 1.807) is 0 Å². The largest absolute Gasteiger partial charge is 0.318 e. The van der Waals surface area contributed by atoms with Gasteiger partial charge in [-0.25, -0.2) is 0 Å². The molecule has 0 atom stereocenters. The Bertz CT molecular complexity index is 1110. The van der Waals surface area contributed by atoms with Crippen LogP contribution in [0.25, 0.3) is 22.1 Å². The number of hydrogen-bond donors (Lipinski definition) is 0. The van der Waals surface area contributed by atoms with Crippen molar-refractivity contribution in [3.8, 4) is 0 Å². The molecule has 5 rings (SSSR count). The van der Waals surface area contributed by atoms with Gasteiger partial charge in [0.1, 0.15) is 0 Å². The summed E-state index contributed by atoms with van der Waals surface area (Å²) in [5, 5.41) is 0. The highest BCUT2D eigenvalue weighted by Gasteiger charge is 2.38. The molecule has 4 aromatic carbocycles. The van der Waals surface area contributed by atoms with E-state index in [1.165, 1.54) is 33.2 Å². The van der Waals surface area contributed by atoms with Gasteiger partial charge in [-0.05, 0) is 44.3 Å². The van der Waals surface area contributed by atoms with Gasteiger partial charge in [-0.1, -0.05) is 121 Å². The molecule has 0 bridgehead atoms. The summed E-state index contributed by atoms with van der Waals surface area (Å²) in [7, 11) is 0. The maximum Gasteiger partial charge on any atom is 0.318 e. The summed E-state index contributed by atoms with van der Waals surface area (Å²) < 4.78 is 0. The van der Waals surface area contributed by atoms with E-state index in [1.807, 2.05) is 12.1 Å². The van der Waals surface area contributed by atoms with Gasteiger partial charge in [0.2, 0.25) is 0 Å². The second kappa shape index (κ2) is 8.22. The van der Waals surface area contributed by atoms with Crippen molar-refractivity contribution < 1.29 is 0 Å². The Labute approximate surface area is 183 Å². The van der Waals surface area contributed by atoms with Crippen LogP contribution in [0.1, 0.15) is 22.3 Å². The molecule has 1 aliphatic heterocycles. The molecule has 0 saturated heterocycles. The van der Waals surface area contributed by atoms with Gasteiger partial charge in [0.25, 0.3) is 0 Å². The fourth-order valence-corrected chi connectivity index (χ4v) is 4.76. The lowest BCUT2D eigenvalue weighted by Gasteiger charge is -2.15. The van der Waals surface area contributed by atoms with Crippen molar-refractivity contribution in [2.45, 2.75) is 0 Å². The molecule has 0 aliphatic carbocycles. The topological polar surface area (TPSA) is 0 Å². The summed E-state index contributed by atoms with van der Waals surface area (Å²) in [5.41, 5.74) is 9.46. The first-order chi connectivity index (χ1) is 14.8. The number of halogens is 1. The first kappa shape index (κ1) is 18.7. The quantitative estimate of drug-likeness (QED) is 0.309. The van der Waals surface area contributed by atoms with Crippen molar-refractivity contribution in [2.24, 2.45) is 0 Å². The average Bonchev–Trinajstić information content (AvgIpc) is 3.14. The van der Waals surface area contributed by atoms with Crippen LogP contribution >= 0.6 is 11.5 Å². The molecule has 30 heavy (non-hydrogen) atoms. The van der Waals surface area contributed by atoms with Gasteiger partial charge in [0.05, 0.1) is 0 Å².